The molecule has 1 aliphatic heterocycles. The summed E-state index contributed by atoms with van der Waals surface area (Å²) in [5.41, 5.74) is 2.32. The number of aromatic nitrogens is 3. The van der Waals surface area contributed by atoms with Crippen LogP contribution in [0.3, 0.4) is 0 Å². The third-order valence-electron chi connectivity index (χ3n) is 4.23. The zero-order chi connectivity index (χ0) is 16.4. The number of hydrogen-bond donors (Lipinski definition) is 2. The first kappa shape index (κ1) is 15.6. The second kappa shape index (κ2) is 6.45. The molecule has 0 spiro atoms. The second-order valence-electron chi connectivity index (χ2n) is 5.86. The van der Waals surface area contributed by atoms with Crippen molar-refractivity contribution < 1.29 is 9.18 Å². The summed E-state index contributed by atoms with van der Waals surface area (Å²) in [6.45, 7) is 5.49. The molecule has 0 saturated carbocycles. The molecule has 0 atom stereocenters. The summed E-state index contributed by atoms with van der Waals surface area (Å²) in [7, 11) is 0. The lowest BCUT2D eigenvalue weighted by atomic mass is 10.1. The highest BCUT2D eigenvalue weighted by molar-refractivity contribution is 6.03. The average Bonchev–Trinajstić information content (AvgIpc) is 2.92. The van der Waals surface area contributed by atoms with E-state index in [0.717, 1.165) is 31.6 Å². The predicted octanol–water partition coefficient (Wildman–Crippen LogP) is 2.21. The van der Waals surface area contributed by atoms with Crippen molar-refractivity contribution in [2.45, 2.75) is 32.7 Å². The van der Waals surface area contributed by atoms with E-state index < -0.39 is 0 Å². The zero-order valence-electron chi connectivity index (χ0n) is 13.3. The molecule has 0 radical (unpaired) electrons. The van der Waals surface area contributed by atoms with Crippen molar-refractivity contribution in [1.82, 2.24) is 20.3 Å². The summed E-state index contributed by atoms with van der Waals surface area (Å²) in [5.74, 6) is -0.647. The van der Waals surface area contributed by atoms with Crippen LogP contribution in [0.25, 0.3) is 0 Å². The van der Waals surface area contributed by atoms with Gasteiger partial charge in [-0.15, -0.1) is 5.10 Å². The van der Waals surface area contributed by atoms with Gasteiger partial charge in [0.05, 0.1) is 11.7 Å². The third kappa shape index (κ3) is 3.24. The Balaban J connectivity index is 1.78. The van der Waals surface area contributed by atoms with E-state index in [2.05, 4.69) is 20.9 Å². The van der Waals surface area contributed by atoms with Crippen molar-refractivity contribution in [1.29, 1.82) is 0 Å². The molecule has 1 aromatic heterocycles. The third-order valence-corrected chi connectivity index (χ3v) is 4.23. The number of aryl methyl sites for hydroxylation is 1. The number of benzene rings is 1. The lowest BCUT2D eigenvalue weighted by Gasteiger charge is -2.23. The van der Waals surface area contributed by atoms with Gasteiger partial charge in [-0.05, 0) is 63.5 Å². The van der Waals surface area contributed by atoms with Crippen LogP contribution in [0.5, 0.6) is 0 Å². The molecule has 1 aromatic carbocycles. The van der Waals surface area contributed by atoms with Crippen LogP contribution in [-0.2, 0) is 0 Å². The summed E-state index contributed by atoms with van der Waals surface area (Å²) < 4.78 is 15.0. The van der Waals surface area contributed by atoms with Gasteiger partial charge in [-0.25, -0.2) is 9.07 Å². The van der Waals surface area contributed by atoms with E-state index in [-0.39, 0.29) is 17.8 Å². The van der Waals surface area contributed by atoms with E-state index in [0.29, 0.717) is 16.9 Å². The molecule has 7 heteroatoms. The minimum absolute atomic E-state index is 0.276. The SMILES string of the molecule is Cc1cc(F)ccc1NC(=O)c1nnn(C2CCNCC2)c1C. The molecular weight excluding hydrogens is 297 g/mol. The van der Waals surface area contributed by atoms with Crippen molar-refractivity contribution in [3.05, 3.63) is 41.0 Å². The maximum atomic E-state index is 13.1. The van der Waals surface area contributed by atoms with E-state index in [4.69, 9.17) is 0 Å². The Morgan fingerprint density at radius 2 is 2.09 bits per heavy atom. The Morgan fingerprint density at radius 3 is 2.78 bits per heavy atom. The zero-order valence-corrected chi connectivity index (χ0v) is 13.3. The molecule has 1 saturated heterocycles. The molecule has 0 bridgehead atoms. The number of hydrogen-bond acceptors (Lipinski definition) is 4. The summed E-state index contributed by atoms with van der Waals surface area (Å²) in [6.07, 6.45) is 1.95. The number of nitrogens with one attached hydrogen (secondary N) is 2. The first-order chi connectivity index (χ1) is 11.1. The number of nitrogens with zero attached hydrogens (tertiary/aromatic N) is 3. The fraction of sp³-hybridized carbons (Fsp3) is 0.438. The van der Waals surface area contributed by atoms with E-state index in [1.165, 1.54) is 12.1 Å². The van der Waals surface area contributed by atoms with Gasteiger partial charge in [0, 0.05) is 5.69 Å². The van der Waals surface area contributed by atoms with Gasteiger partial charge >= 0.3 is 0 Å². The monoisotopic (exact) mass is 317 g/mol. The number of piperidine rings is 1. The highest BCUT2D eigenvalue weighted by Crippen LogP contribution is 2.21. The molecule has 1 aliphatic rings. The van der Waals surface area contributed by atoms with Gasteiger partial charge in [0.1, 0.15) is 5.82 Å². The lowest BCUT2D eigenvalue weighted by Crippen LogP contribution is -2.30. The number of amides is 1. The Labute approximate surface area is 134 Å². The molecule has 2 N–H and O–H groups in total. The summed E-state index contributed by atoms with van der Waals surface area (Å²) in [4.78, 5) is 12.4. The Bertz CT molecular complexity index is 721. The molecule has 6 nitrogen and oxygen atoms in total. The number of halogens is 1. The standard InChI is InChI=1S/C16H20FN5O/c1-10-9-12(17)3-4-14(10)19-16(23)15-11(2)22(21-20-15)13-5-7-18-8-6-13/h3-4,9,13,18H,5-8H2,1-2H3,(H,19,23). The maximum absolute atomic E-state index is 13.1. The lowest BCUT2D eigenvalue weighted by molar-refractivity contribution is 0.102. The quantitative estimate of drug-likeness (QED) is 0.910. The fourth-order valence-corrected chi connectivity index (χ4v) is 2.90. The van der Waals surface area contributed by atoms with Crippen molar-refractivity contribution in [3.63, 3.8) is 0 Å². The molecule has 122 valence electrons. The van der Waals surface area contributed by atoms with Crippen molar-refractivity contribution in [2.75, 3.05) is 18.4 Å². The molecule has 2 heterocycles. The molecule has 3 rings (SSSR count). The van der Waals surface area contributed by atoms with Gasteiger partial charge in [0.15, 0.2) is 5.69 Å². The van der Waals surface area contributed by atoms with Crippen LogP contribution in [0, 0.1) is 19.7 Å². The highest BCUT2D eigenvalue weighted by atomic mass is 19.1. The largest absolute Gasteiger partial charge is 0.320 e. The number of carbonyl (C=O) groups is 1. The maximum Gasteiger partial charge on any atom is 0.278 e. The van der Waals surface area contributed by atoms with Crippen molar-refractivity contribution >= 4 is 11.6 Å². The van der Waals surface area contributed by atoms with E-state index >= 15 is 0 Å². The summed E-state index contributed by atoms with van der Waals surface area (Å²) >= 11 is 0. The number of rotatable bonds is 3. The Hall–Kier alpha value is -2.28. The van der Waals surface area contributed by atoms with Crippen LogP contribution >= 0.6 is 0 Å². The van der Waals surface area contributed by atoms with Crippen LogP contribution in [0.4, 0.5) is 10.1 Å². The normalized spacial score (nSPS) is 15.6. The van der Waals surface area contributed by atoms with Crippen molar-refractivity contribution in [3.8, 4) is 0 Å². The van der Waals surface area contributed by atoms with Gasteiger partial charge in [0.25, 0.3) is 5.91 Å². The van der Waals surface area contributed by atoms with Gasteiger partial charge in [-0.1, -0.05) is 5.21 Å². The Kier molecular flexibility index (Phi) is 4.38. The summed E-state index contributed by atoms with van der Waals surface area (Å²) in [5, 5.41) is 14.3. The van der Waals surface area contributed by atoms with Crippen LogP contribution in [0.15, 0.2) is 18.2 Å². The van der Waals surface area contributed by atoms with Gasteiger partial charge < -0.3 is 10.6 Å². The fourth-order valence-electron chi connectivity index (χ4n) is 2.90. The highest BCUT2D eigenvalue weighted by Gasteiger charge is 2.23. The number of carbonyl (C=O) groups excluding carboxylic acids is 1. The first-order valence-electron chi connectivity index (χ1n) is 7.76. The van der Waals surface area contributed by atoms with Crippen LogP contribution in [-0.4, -0.2) is 34.0 Å². The topological polar surface area (TPSA) is 71.8 Å². The van der Waals surface area contributed by atoms with Crippen LogP contribution < -0.4 is 10.6 Å². The molecule has 0 unspecified atom stereocenters. The first-order valence-corrected chi connectivity index (χ1v) is 7.76. The molecular formula is C16H20FN5O. The van der Waals surface area contributed by atoms with Crippen molar-refractivity contribution in [2.24, 2.45) is 0 Å². The van der Waals surface area contributed by atoms with Gasteiger partial charge in [0.2, 0.25) is 0 Å². The molecule has 0 aliphatic carbocycles. The molecule has 1 amide bonds. The van der Waals surface area contributed by atoms with Gasteiger partial charge in [-0.2, -0.15) is 0 Å². The van der Waals surface area contributed by atoms with Crippen LogP contribution in [0.2, 0.25) is 0 Å². The summed E-state index contributed by atoms with van der Waals surface area (Å²) in [6, 6.07) is 4.53. The Morgan fingerprint density at radius 1 is 1.35 bits per heavy atom. The predicted molar refractivity (Wildman–Crippen MR) is 85.0 cm³/mol. The minimum Gasteiger partial charge on any atom is -0.320 e. The smallest absolute Gasteiger partial charge is 0.278 e. The minimum atomic E-state index is -0.325. The van der Waals surface area contributed by atoms with Crippen LogP contribution in [0.1, 0.15) is 40.6 Å². The van der Waals surface area contributed by atoms with E-state index in [9.17, 15) is 9.18 Å². The van der Waals surface area contributed by atoms with E-state index in [1.807, 2.05) is 11.6 Å². The van der Waals surface area contributed by atoms with E-state index in [1.54, 1.807) is 13.0 Å². The number of anilines is 1. The molecule has 1 fully saturated rings. The van der Waals surface area contributed by atoms with Gasteiger partial charge in [-0.3, -0.25) is 4.79 Å². The second-order valence-corrected chi connectivity index (χ2v) is 5.86. The molecule has 2 aromatic rings. The average molecular weight is 317 g/mol. The molecule has 23 heavy (non-hydrogen) atoms.